The molecule has 1 atom stereocenters. The van der Waals surface area contributed by atoms with Crippen molar-refractivity contribution in [2.45, 2.75) is 26.3 Å². The number of aromatic nitrogens is 3. The normalized spacial score (nSPS) is 12.5. The van der Waals surface area contributed by atoms with Crippen LogP contribution in [0.1, 0.15) is 31.0 Å². The molecule has 3 aromatic rings. The van der Waals surface area contributed by atoms with Crippen LogP contribution in [0.15, 0.2) is 47.5 Å². The highest BCUT2D eigenvalue weighted by atomic mass is 79.9. The van der Waals surface area contributed by atoms with Gasteiger partial charge in [0.2, 0.25) is 0 Å². The molecule has 1 aromatic carbocycles. The van der Waals surface area contributed by atoms with Gasteiger partial charge in [0.25, 0.3) is 0 Å². The third-order valence-corrected chi connectivity index (χ3v) is 3.97. The second-order valence-corrected chi connectivity index (χ2v) is 5.84. The summed E-state index contributed by atoms with van der Waals surface area (Å²) < 4.78 is 2.73. The van der Waals surface area contributed by atoms with E-state index in [2.05, 4.69) is 69.3 Å². The Morgan fingerprint density at radius 1 is 1.29 bits per heavy atom. The third kappa shape index (κ3) is 2.93. The van der Waals surface area contributed by atoms with Crippen molar-refractivity contribution in [1.82, 2.24) is 14.4 Å². The fraction of sp³-hybridized carbons (Fsp3) is 0.250. The largest absolute Gasteiger partial charge is 0.360 e. The van der Waals surface area contributed by atoms with Gasteiger partial charge in [-0.1, -0.05) is 31.2 Å². The smallest absolute Gasteiger partial charge is 0.180 e. The molecule has 4 nitrogen and oxygen atoms in total. The molecule has 0 amide bonds. The molecule has 0 saturated carbocycles. The summed E-state index contributed by atoms with van der Waals surface area (Å²) in [7, 11) is 0. The number of hydrogen-bond acceptors (Lipinski definition) is 3. The van der Waals surface area contributed by atoms with Crippen LogP contribution >= 0.6 is 15.9 Å². The van der Waals surface area contributed by atoms with Crippen LogP contribution in [-0.4, -0.2) is 14.4 Å². The molecule has 0 fully saturated rings. The molecule has 0 aliphatic heterocycles. The predicted octanol–water partition coefficient (Wildman–Crippen LogP) is 4.23. The number of halogens is 1. The summed E-state index contributed by atoms with van der Waals surface area (Å²) in [6, 6.07) is 8.84. The molecule has 0 bridgehead atoms. The summed E-state index contributed by atoms with van der Waals surface area (Å²) >= 11 is 3.43. The number of nitrogens with one attached hydrogen (secondary N) is 1. The second-order valence-electron chi connectivity index (χ2n) is 5.03. The van der Waals surface area contributed by atoms with Gasteiger partial charge in [0.15, 0.2) is 11.5 Å². The Balaban J connectivity index is 1.88. The Bertz CT molecular complexity index is 749. The number of nitrogens with zero attached hydrogens (tertiary/aromatic N) is 3. The molecule has 0 aliphatic carbocycles. The van der Waals surface area contributed by atoms with Crippen molar-refractivity contribution < 1.29 is 0 Å². The first-order valence-electron chi connectivity index (χ1n) is 7.02. The molecule has 3 rings (SSSR count). The van der Waals surface area contributed by atoms with Gasteiger partial charge in [-0.15, -0.1) is 0 Å². The van der Waals surface area contributed by atoms with Crippen molar-refractivity contribution >= 4 is 27.4 Å². The van der Waals surface area contributed by atoms with Crippen molar-refractivity contribution in [3.8, 4) is 0 Å². The van der Waals surface area contributed by atoms with Crippen molar-refractivity contribution in [1.29, 1.82) is 0 Å². The highest BCUT2D eigenvalue weighted by Gasteiger charge is 2.11. The van der Waals surface area contributed by atoms with Crippen LogP contribution in [0, 0.1) is 0 Å². The number of fused-ring (bicyclic) bond motifs is 1. The topological polar surface area (TPSA) is 42.2 Å². The van der Waals surface area contributed by atoms with E-state index in [1.54, 1.807) is 6.20 Å². The van der Waals surface area contributed by atoms with Gasteiger partial charge in [-0.25, -0.2) is 9.97 Å². The Kier molecular flexibility index (Phi) is 3.92. The summed E-state index contributed by atoms with van der Waals surface area (Å²) in [6.45, 7) is 4.29. The average Bonchev–Trinajstić information content (AvgIpc) is 2.95. The molecule has 0 radical (unpaired) electrons. The lowest BCUT2D eigenvalue weighted by Crippen LogP contribution is -2.09. The Morgan fingerprint density at radius 2 is 2.05 bits per heavy atom. The zero-order valence-corrected chi connectivity index (χ0v) is 13.6. The highest BCUT2D eigenvalue weighted by Crippen LogP contribution is 2.23. The van der Waals surface area contributed by atoms with E-state index in [9.17, 15) is 0 Å². The number of anilines is 1. The van der Waals surface area contributed by atoms with E-state index >= 15 is 0 Å². The van der Waals surface area contributed by atoms with E-state index in [1.807, 2.05) is 16.8 Å². The predicted molar refractivity (Wildman–Crippen MR) is 88.5 cm³/mol. The minimum atomic E-state index is 0.165. The Labute approximate surface area is 132 Å². The molecule has 0 spiro atoms. The van der Waals surface area contributed by atoms with Crippen LogP contribution in [0.5, 0.6) is 0 Å². The molecule has 2 aromatic heterocycles. The summed E-state index contributed by atoms with van der Waals surface area (Å²) in [5.74, 6) is 0.779. The lowest BCUT2D eigenvalue weighted by molar-refractivity contribution is 0.869. The molecular weight excluding hydrogens is 328 g/mol. The van der Waals surface area contributed by atoms with Crippen LogP contribution < -0.4 is 5.32 Å². The lowest BCUT2D eigenvalue weighted by atomic mass is 10.1. The van der Waals surface area contributed by atoms with E-state index in [0.717, 1.165) is 22.5 Å². The fourth-order valence-corrected chi connectivity index (χ4v) is 2.73. The quantitative estimate of drug-likeness (QED) is 0.770. The van der Waals surface area contributed by atoms with Crippen LogP contribution in [-0.2, 0) is 6.42 Å². The molecule has 0 aliphatic rings. The molecule has 108 valence electrons. The van der Waals surface area contributed by atoms with E-state index in [1.165, 1.54) is 11.1 Å². The van der Waals surface area contributed by atoms with Crippen molar-refractivity contribution in [2.24, 2.45) is 0 Å². The average molecular weight is 345 g/mol. The summed E-state index contributed by atoms with van der Waals surface area (Å²) in [6.07, 6.45) is 6.64. The zero-order chi connectivity index (χ0) is 14.8. The lowest BCUT2D eigenvalue weighted by Gasteiger charge is -2.16. The standard InChI is InChI=1S/C16H17BrN4/c1-3-12-4-6-13(7-5-12)11(2)19-15-16-18-8-9-21(16)10-14(17)20-15/h4-11H,3H2,1-2H3,(H,19,20). The minimum absolute atomic E-state index is 0.165. The number of hydrogen-bond donors (Lipinski definition) is 1. The fourth-order valence-electron chi connectivity index (χ4n) is 2.33. The van der Waals surface area contributed by atoms with Gasteiger partial charge < -0.3 is 9.72 Å². The van der Waals surface area contributed by atoms with E-state index in [0.29, 0.717) is 0 Å². The van der Waals surface area contributed by atoms with E-state index < -0.39 is 0 Å². The Morgan fingerprint density at radius 3 is 2.76 bits per heavy atom. The first-order valence-corrected chi connectivity index (χ1v) is 7.81. The van der Waals surface area contributed by atoms with E-state index in [-0.39, 0.29) is 6.04 Å². The minimum Gasteiger partial charge on any atom is -0.360 e. The molecule has 1 N–H and O–H groups in total. The number of imidazole rings is 1. The van der Waals surface area contributed by atoms with Crippen molar-refractivity contribution in [2.75, 3.05) is 5.32 Å². The molecular formula is C16H17BrN4. The molecule has 5 heteroatoms. The maximum Gasteiger partial charge on any atom is 0.180 e. The van der Waals surface area contributed by atoms with Gasteiger partial charge in [-0.05, 0) is 40.4 Å². The van der Waals surface area contributed by atoms with Gasteiger partial charge in [0, 0.05) is 18.6 Å². The molecule has 1 unspecified atom stereocenters. The highest BCUT2D eigenvalue weighted by molar-refractivity contribution is 9.10. The van der Waals surface area contributed by atoms with Gasteiger partial charge in [-0.3, -0.25) is 0 Å². The summed E-state index contributed by atoms with van der Waals surface area (Å²) in [5.41, 5.74) is 3.41. The number of rotatable bonds is 4. The van der Waals surface area contributed by atoms with Gasteiger partial charge >= 0.3 is 0 Å². The van der Waals surface area contributed by atoms with Crippen LogP contribution in [0.4, 0.5) is 5.82 Å². The maximum atomic E-state index is 4.49. The SMILES string of the molecule is CCc1ccc(C(C)Nc2nc(Br)cn3ccnc23)cc1. The van der Waals surface area contributed by atoms with Crippen LogP contribution in [0.25, 0.3) is 5.65 Å². The van der Waals surface area contributed by atoms with Crippen molar-refractivity contribution in [3.05, 3.63) is 58.6 Å². The summed E-state index contributed by atoms with van der Waals surface area (Å²) in [4.78, 5) is 8.85. The van der Waals surface area contributed by atoms with Gasteiger partial charge in [0.05, 0.1) is 6.04 Å². The first-order chi connectivity index (χ1) is 10.2. The van der Waals surface area contributed by atoms with Crippen LogP contribution in [0.2, 0.25) is 0 Å². The number of aryl methyl sites for hydroxylation is 1. The second kappa shape index (κ2) is 5.85. The third-order valence-electron chi connectivity index (χ3n) is 3.59. The molecule has 0 saturated heterocycles. The summed E-state index contributed by atoms with van der Waals surface area (Å²) in [5, 5.41) is 3.44. The monoisotopic (exact) mass is 344 g/mol. The maximum absolute atomic E-state index is 4.49. The number of benzene rings is 1. The first kappa shape index (κ1) is 14.1. The molecule has 21 heavy (non-hydrogen) atoms. The van der Waals surface area contributed by atoms with Gasteiger partial charge in [0.1, 0.15) is 4.60 Å². The van der Waals surface area contributed by atoms with Gasteiger partial charge in [-0.2, -0.15) is 0 Å². The Hall–Kier alpha value is -1.88. The zero-order valence-electron chi connectivity index (χ0n) is 12.0. The molecule has 2 heterocycles. The van der Waals surface area contributed by atoms with E-state index in [4.69, 9.17) is 0 Å². The van der Waals surface area contributed by atoms with Crippen LogP contribution in [0.3, 0.4) is 0 Å². The van der Waals surface area contributed by atoms with Crippen molar-refractivity contribution in [3.63, 3.8) is 0 Å².